The molecule has 0 spiro atoms. The molecular weight excluding hydrogens is 200 g/mol. The molecule has 3 heteroatoms. The maximum atomic E-state index is 5.41. The van der Waals surface area contributed by atoms with Gasteiger partial charge in [0, 0.05) is 25.3 Å². The highest BCUT2D eigenvalue weighted by Gasteiger charge is 2.05. The molecule has 90 valence electrons. The number of benzene rings is 1. The summed E-state index contributed by atoms with van der Waals surface area (Å²) >= 11 is 0. The molecule has 0 saturated heterocycles. The smallest absolute Gasteiger partial charge is 0.0642 e. The van der Waals surface area contributed by atoms with Crippen molar-refractivity contribution in [1.82, 2.24) is 0 Å². The minimum absolute atomic E-state index is 0.594. The predicted molar refractivity (Wildman–Crippen MR) is 68.9 cm³/mol. The SMILES string of the molecule is CCN(CCOCCN)c1ccccc1C. The van der Waals surface area contributed by atoms with Crippen LogP contribution in [0.25, 0.3) is 0 Å². The Kier molecular flexibility index (Phi) is 5.90. The molecule has 0 bridgehead atoms. The summed E-state index contributed by atoms with van der Waals surface area (Å²) in [6.07, 6.45) is 0. The molecule has 0 atom stereocenters. The zero-order valence-corrected chi connectivity index (χ0v) is 10.3. The van der Waals surface area contributed by atoms with Crippen LogP contribution in [0.4, 0.5) is 5.69 Å². The molecule has 0 saturated carbocycles. The number of para-hydroxylation sites is 1. The van der Waals surface area contributed by atoms with Crippen molar-refractivity contribution in [3.8, 4) is 0 Å². The van der Waals surface area contributed by atoms with Crippen LogP contribution >= 0.6 is 0 Å². The summed E-state index contributed by atoms with van der Waals surface area (Å²) in [4.78, 5) is 2.33. The highest BCUT2D eigenvalue weighted by atomic mass is 16.5. The van der Waals surface area contributed by atoms with E-state index in [0.717, 1.165) is 19.7 Å². The van der Waals surface area contributed by atoms with Gasteiger partial charge in [-0.2, -0.15) is 0 Å². The molecule has 0 aliphatic carbocycles. The van der Waals surface area contributed by atoms with Crippen LogP contribution < -0.4 is 10.6 Å². The number of anilines is 1. The van der Waals surface area contributed by atoms with Gasteiger partial charge in [0.1, 0.15) is 0 Å². The molecule has 0 fully saturated rings. The lowest BCUT2D eigenvalue weighted by atomic mass is 10.2. The molecule has 0 aliphatic heterocycles. The Bertz CT molecular complexity index is 302. The monoisotopic (exact) mass is 222 g/mol. The van der Waals surface area contributed by atoms with Crippen molar-refractivity contribution in [2.45, 2.75) is 13.8 Å². The van der Waals surface area contributed by atoms with E-state index in [0.29, 0.717) is 13.2 Å². The van der Waals surface area contributed by atoms with Crippen LogP contribution in [0, 0.1) is 6.92 Å². The average molecular weight is 222 g/mol. The van der Waals surface area contributed by atoms with Crippen LogP contribution in [0.15, 0.2) is 24.3 Å². The Hall–Kier alpha value is -1.06. The zero-order valence-electron chi connectivity index (χ0n) is 10.3. The maximum Gasteiger partial charge on any atom is 0.0642 e. The minimum Gasteiger partial charge on any atom is -0.378 e. The van der Waals surface area contributed by atoms with Gasteiger partial charge >= 0.3 is 0 Å². The largest absolute Gasteiger partial charge is 0.378 e. The zero-order chi connectivity index (χ0) is 11.8. The number of rotatable bonds is 7. The number of hydrogen-bond acceptors (Lipinski definition) is 3. The van der Waals surface area contributed by atoms with Crippen molar-refractivity contribution in [3.63, 3.8) is 0 Å². The van der Waals surface area contributed by atoms with Crippen LogP contribution in [-0.4, -0.2) is 32.8 Å². The van der Waals surface area contributed by atoms with E-state index in [4.69, 9.17) is 10.5 Å². The van der Waals surface area contributed by atoms with Gasteiger partial charge in [-0.3, -0.25) is 0 Å². The molecule has 3 nitrogen and oxygen atoms in total. The number of nitrogens with two attached hydrogens (primary N) is 1. The first-order chi connectivity index (χ1) is 7.79. The fraction of sp³-hybridized carbons (Fsp3) is 0.538. The Morgan fingerprint density at radius 3 is 2.62 bits per heavy atom. The van der Waals surface area contributed by atoms with Gasteiger partial charge in [-0.15, -0.1) is 0 Å². The summed E-state index contributed by atoms with van der Waals surface area (Å²) in [5.74, 6) is 0. The third-order valence-corrected chi connectivity index (χ3v) is 2.61. The Balaban J connectivity index is 2.51. The summed E-state index contributed by atoms with van der Waals surface area (Å²) in [5, 5.41) is 0. The van der Waals surface area contributed by atoms with Gasteiger partial charge in [0.05, 0.1) is 13.2 Å². The highest BCUT2D eigenvalue weighted by molar-refractivity contribution is 5.52. The topological polar surface area (TPSA) is 38.5 Å². The average Bonchev–Trinajstić information content (AvgIpc) is 2.31. The van der Waals surface area contributed by atoms with Crippen molar-refractivity contribution in [2.75, 3.05) is 37.7 Å². The number of hydrogen-bond donors (Lipinski definition) is 1. The van der Waals surface area contributed by atoms with Gasteiger partial charge in [0.2, 0.25) is 0 Å². The fourth-order valence-electron chi connectivity index (χ4n) is 1.73. The van der Waals surface area contributed by atoms with Crippen LogP contribution in [0.1, 0.15) is 12.5 Å². The normalized spacial score (nSPS) is 10.4. The molecule has 0 heterocycles. The van der Waals surface area contributed by atoms with Crippen LogP contribution in [0.2, 0.25) is 0 Å². The molecule has 0 aliphatic rings. The van der Waals surface area contributed by atoms with Crippen molar-refractivity contribution in [3.05, 3.63) is 29.8 Å². The van der Waals surface area contributed by atoms with E-state index in [9.17, 15) is 0 Å². The van der Waals surface area contributed by atoms with E-state index in [1.54, 1.807) is 0 Å². The maximum absolute atomic E-state index is 5.41. The molecule has 1 aromatic carbocycles. The Labute approximate surface area is 98.2 Å². The van der Waals surface area contributed by atoms with Gasteiger partial charge in [-0.05, 0) is 25.5 Å². The molecule has 16 heavy (non-hydrogen) atoms. The molecular formula is C13H22N2O. The second kappa shape index (κ2) is 7.25. The van der Waals surface area contributed by atoms with Gasteiger partial charge in [-0.25, -0.2) is 0 Å². The van der Waals surface area contributed by atoms with Crippen LogP contribution in [0.5, 0.6) is 0 Å². The number of likely N-dealkylation sites (N-methyl/N-ethyl adjacent to an activating group) is 1. The van der Waals surface area contributed by atoms with Gasteiger partial charge in [0.15, 0.2) is 0 Å². The quantitative estimate of drug-likeness (QED) is 0.715. The summed E-state index contributed by atoms with van der Waals surface area (Å²) in [6, 6.07) is 8.43. The first-order valence-electron chi connectivity index (χ1n) is 5.88. The highest BCUT2D eigenvalue weighted by Crippen LogP contribution is 2.18. The molecule has 1 aromatic rings. The Morgan fingerprint density at radius 2 is 2.00 bits per heavy atom. The van der Waals surface area contributed by atoms with Gasteiger partial charge < -0.3 is 15.4 Å². The van der Waals surface area contributed by atoms with E-state index in [1.807, 2.05) is 0 Å². The van der Waals surface area contributed by atoms with Crippen molar-refractivity contribution in [2.24, 2.45) is 5.73 Å². The van der Waals surface area contributed by atoms with Gasteiger partial charge in [0.25, 0.3) is 0 Å². The second-order valence-corrected chi connectivity index (χ2v) is 3.77. The first-order valence-corrected chi connectivity index (χ1v) is 5.88. The summed E-state index contributed by atoms with van der Waals surface area (Å²) in [7, 11) is 0. The van der Waals surface area contributed by atoms with Crippen LogP contribution in [0.3, 0.4) is 0 Å². The van der Waals surface area contributed by atoms with Crippen molar-refractivity contribution in [1.29, 1.82) is 0 Å². The third kappa shape index (κ3) is 3.83. The van der Waals surface area contributed by atoms with Crippen molar-refractivity contribution >= 4 is 5.69 Å². The third-order valence-electron chi connectivity index (χ3n) is 2.61. The number of aryl methyl sites for hydroxylation is 1. The Morgan fingerprint density at radius 1 is 1.25 bits per heavy atom. The lowest BCUT2D eigenvalue weighted by Crippen LogP contribution is -2.28. The lowest BCUT2D eigenvalue weighted by Gasteiger charge is -2.24. The van der Waals surface area contributed by atoms with E-state index in [-0.39, 0.29) is 0 Å². The van der Waals surface area contributed by atoms with Crippen LogP contribution in [-0.2, 0) is 4.74 Å². The van der Waals surface area contributed by atoms with Gasteiger partial charge in [-0.1, -0.05) is 18.2 Å². The summed E-state index contributed by atoms with van der Waals surface area (Å²) in [5.41, 5.74) is 7.98. The molecule has 0 unspecified atom stereocenters. The van der Waals surface area contributed by atoms with E-state index < -0.39 is 0 Å². The summed E-state index contributed by atoms with van der Waals surface area (Å²) < 4.78 is 5.41. The number of nitrogens with zero attached hydrogens (tertiary/aromatic N) is 1. The first kappa shape index (κ1) is 13.0. The fourth-order valence-corrected chi connectivity index (χ4v) is 1.73. The summed E-state index contributed by atoms with van der Waals surface area (Å²) in [6.45, 7) is 8.19. The molecule has 0 radical (unpaired) electrons. The van der Waals surface area contributed by atoms with E-state index in [1.165, 1.54) is 11.3 Å². The lowest BCUT2D eigenvalue weighted by molar-refractivity contribution is 0.148. The standard InChI is InChI=1S/C13H22N2O/c1-3-15(9-11-16-10-8-14)13-7-5-4-6-12(13)2/h4-7H,3,8-11,14H2,1-2H3. The van der Waals surface area contributed by atoms with E-state index in [2.05, 4.69) is 43.0 Å². The van der Waals surface area contributed by atoms with E-state index >= 15 is 0 Å². The predicted octanol–water partition coefficient (Wildman–Crippen LogP) is 1.80. The molecule has 0 amide bonds. The second-order valence-electron chi connectivity index (χ2n) is 3.77. The minimum atomic E-state index is 0.594. The molecule has 1 rings (SSSR count). The van der Waals surface area contributed by atoms with Crippen molar-refractivity contribution < 1.29 is 4.74 Å². The molecule has 2 N–H and O–H groups in total. The number of ether oxygens (including phenoxy) is 1. The molecule has 0 aromatic heterocycles.